The molecule has 3 heteroatoms. The first kappa shape index (κ1) is 11.0. The third-order valence-corrected chi connectivity index (χ3v) is 1.90. The molecule has 0 spiro atoms. The van der Waals surface area contributed by atoms with Crippen molar-refractivity contribution in [3.63, 3.8) is 0 Å². The third-order valence-electron chi connectivity index (χ3n) is 1.90. The predicted molar refractivity (Wildman–Crippen MR) is 54.4 cm³/mol. The normalized spacial score (nSPS) is 10.1. The molecular weight excluding hydrogens is 180 g/mol. The molecular formula is C11H16O3. The smallest absolute Gasteiger partial charge is 0.124 e. The largest absolute Gasteiger partial charge is 0.496 e. The second-order valence-corrected chi connectivity index (χ2v) is 2.94. The lowest BCUT2D eigenvalue weighted by molar-refractivity contribution is 0.103. The highest BCUT2D eigenvalue weighted by molar-refractivity contribution is 5.32. The van der Waals surface area contributed by atoms with Gasteiger partial charge in [-0.3, -0.25) is 0 Å². The van der Waals surface area contributed by atoms with E-state index in [9.17, 15) is 0 Å². The highest BCUT2D eigenvalue weighted by Gasteiger charge is 2.00. The van der Waals surface area contributed by atoms with Crippen LogP contribution in [0.2, 0.25) is 0 Å². The van der Waals surface area contributed by atoms with E-state index in [-0.39, 0.29) is 6.61 Å². The monoisotopic (exact) mass is 196 g/mol. The number of rotatable bonds is 6. The Morgan fingerprint density at radius 1 is 1.29 bits per heavy atom. The van der Waals surface area contributed by atoms with Gasteiger partial charge in [-0.15, -0.1) is 0 Å². The quantitative estimate of drug-likeness (QED) is 0.702. The zero-order valence-corrected chi connectivity index (χ0v) is 8.40. The van der Waals surface area contributed by atoms with Gasteiger partial charge in [0.2, 0.25) is 0 Å². The number of para-hydroxylation sites is 1. The summed E-state index contributed by atoms with van der Waals surface area (Å²) in [5, 5.41) is 8.56. The second kappa shape index (κ2) is 6.40. The summed E-state index contributed by atoms with van der Waals surface area (Å²) in [5.74, 6) is 0.844. The number of aliphatic hydroxyl groups excluding tert-OH is 1. The van der Waals surface area contributed by atoms with Crippen molar-refractivity contribution < 1.29 is 14.6 Å². The minimum atomic E-state index is 0.173. The van der Waals surface area contributed by atoms with Crippen molar-refractivity contribution in [2.24, 2.45) is 0 Å². The third kappa shape index (κ3) is 3.36. The van der Waals surface area contributed by atoms with E-state index in [0.717, 1.165) is 11.3 Å². The molecule has 0 saturated carbocycles. The van der Waals surface area contributed by atoms with Crippen LogP contribution in [-0.2, 0) is 11.3 Å². The predicted octanol–water partition coefficient (Wildman–Crippen LogP) is 1.59. The van der Waals surface area contributed by atoms with E-state index >= 15 is 0 Å². The van der Waals surface area contributed by atoms with Crippen LogP contribution in [0.15, 0.2) is 24.3 Å². The fraction of sp³-hybridized carbons (Fsp3) is 0.455. The number of ether oxygens (including phenoxy) is 2. The van der Waals surface area contributed by atoms with Crippen LogP contribution in [0.5, 0.6) is 5.75 Å². The van der Waals surface area contributed by atoms with Gasteiger partial charge < -0.3 is 14.6 Å². The molecule has 78 valence electrons. The summed E-state index contributed by atoms with van der Waals surface area (Å²) in [6.45, 7) is 1.28. The summed E-state index contributed by atoms with van der Waals surface area (Å²) in [6, 6.07) is 7.76. The Morgan fingerprint density at radius 3 is 2.79 bits per heavy atom. The molecule has 3 nitrogen and oxygen atoms in total. The summed E-state index contributed by atoms with van der Waals surface area (Å²) >= 11 is 0. The Morgan fingerprint density at radius 2 is 2.07 bits per heavy atom. The zero-order valence-electron chi connectivity index (χ0n) is 8.40. The molecule has 0 atom stereocenters. The van der Waals surface area contributed by atoms with Gasteiger partial charge in [-0.2, -0.15) is 0 Å². The highest BCUT2D eigenvalue weighted by atomic mass is 16.5. The van der Waals surface area contributed by atoms with Crippen LogP contribution in [0.25, 0.3) is 0 Å². The molecule has 0 fully saturated rings. The number of methoxy groups -OCH3 is 1. The van der Waals surface area contributed by atoms with Crippen molar-refractivity contribution in [3.05, 3.63) is 29.8 Å². The Kier molecular flexibility index (Phi) is 5.04. The molecule has 0 aliphatic rings. The second-order valence-electron chi connectivity index (χ2n) is 2.94. The minimum absolute atomic E-state index is 0.173. The van der Waals surface area contributed by atoms with Crippen LogP contribution < -0.4 is 4.74 Å². The summed E-state index contributed by atoms with van der Waals surface area (Å²) in [6.07, 6.45) is 0.676. The zero-order chi connectivity index (χ0) is 10.2. The molecule has 0 amide bonds. The lowest BCUT2D eigenvalue weighted by atomic mass is 10.2. The van der Waals surface area contributed by atoms with Gasteiger partial charge in [0.1, 0.15) is 5.75 Å². The van der Waals surface area contributed by atoms with Crippen LogP contribution >= 0.6 is 0 Å². The van der Waals surface area contributed by atoms with Crippen LogP contribution in [0.1, 0.15) is 12.0 Å². The van der Waals surface area contributed by atoms with Crippen molar-refractivity contribution in [2.75, 3.05) is 20.3 Å². The Bertz CT molecular complexity index is 260. The molecule has 0 aliphatic carbocycles. The maximum absolute atomic E-state index is 8.56. The van der Waals surface area contributed by atoms with E-state index in [1.54, 1.807) is 7.11 Å². The topological polar surface area (TPSA) is 38.7 Å². The van der Waals surface area contributed by atoms with E-state index in [2.05, 4.69) is 0 Å². The van der Waals surface area contributed by atoms with Crippen LogP contribution in [0.4, 0.5) is 0 Å². The first-order valence-electron chi connectivity index (χ1n) is 4.69. The average molecular weight is 196 g/mol. The Balaban J connectivity index is 2.41. The van der Waals surface area contributed by atoms with Crippen molar-refractivity contribution in [2.45, 2.75) is 13.0 Å². The summed E-state index contributed by atoms with van der Waals surface area (Å²) in [4.78, 5) is 0. The SMILES string of the molecule is COc1ccccc1COCCCO. The van der Waals surface area contributed by atoms with Crippen LogP contribution in [-0.4, -0.2) is 25.4 Å². The van der Waals surface area contributed by atoms with E-state index in [0.29, 0.717) is 19.6 Å². The molecule has 1 aromatic rings. The minimum Gasteiger partial charge on any atom is -0.496 e. The molecule has 0 radical (unpaired) electrons. The molecule has 0 bridgehead atoms. The van der Waals surface area contributed by atoms with Gasteiger partial charge in [0, 0.05) is 18.8 Å². The van der Waals surface area contributed by atoms with Crippen molar-refractivity contribution in [3.8, 4) is 5.75 Å². The molecule has 1 N–H and O–H groups in total. The van der Waals surface area contributed by atoms with Gasteiger partial charge in [0.05, 0.1) is 13.7 Å². The average Bonchev–Trinajstić information content (AvgIpc) is 2.25. The Hall–Kier alpha value is -1.06. The number of hydrogen-bond acceptors (Lipinski definition) is 3. The Labute approximate surface area is 84.3 Å². The van der Waals surface area contributed by atoms with Crippen molar-refractivity contribution in [1.82, 2.24) is 0 Å². The summed E-state index contributed by atoms with van der Waals surface area (Å²) < 4.78 is 10.5. The summed E-state index contributed by atoms with van der Waals surface area (Å²) in [7, 11) is 1.65. The van der Waals surface area contributed by atoms with Crippen LogP contribution in [0, 0.1) is 0 Å². The molecule has 0 heterocycles. The van der Waals surface area contributed by atoms with Gasteiger partial charge in [0.25, 0.3) is 0 Å². The molecule has 0 aliphatic heterocycles. The molecule has 1 rings (SSSR count). The molecule has 0 aromatic heterocycles. The molecule has 1 aromatic carbocycles. The van der Waals surface area contributed by atoms with Gasteiger partial charge >= 0.3 is 0 Å². The van der Waals surface area contributed by atoms with Crippen molar-refractivity contribution in [1.29, 1.82) is 0 Å². The molecule has 0 unspecified atom stereocenters. The lowest BCUT2D eigenvalue weighted by Gasteiger charge is -2.08. The van der Waals surface area contributed by atoms with E-state index in [1.807, 2.05) is 24.3 Å². The maximum Gasteiger partial charge on any atom is 0.124 e. The van der Waals surface area contributed by atoms with Gasteiger partial charge in [-0.25, -0.2) is 0 Å². The first-order valence-corrected chi connectivity index (χ1v) is 4.69. The van der Waals surface area contributed by atoms with E-state index in [4.69, 9.17) is 14.6 Å². The first-order chi connectivity index (χ1) is 6.88. The number of aliphatic hydroxyl groups is 1. The fourth-order valence-electron chi connectivity index (χ4n) is 1.17. The van der Waals surface area contributed by atoms with E-state index in [1.165, 1.54) is 0 Å². The van der Waals surface area contributed by atoms with Crippen molar-refractivity contribution >= 4 is 0 Å². The lowest BCUT2D eigenvalue weighted by Crippen LogP contribution is -1.99. The highest BCUT2D eigenvalue weighted by Crippen LogP contribution is 2.17. The molecule has 0 saturated heterocycles. The van der Waals surface area contributed by atoms with Gasteiger partial charge in [-0.05, 0) is 12.5 Å². The maximum atomic E-state index is 8.56. The van der Waals surface area contributed by atoms with E-state index < -0.39 is 0 Å². The molecule has 14 heavy (non-hydrogen) atoms. The number of benzene rings is 1. The standard InChI is InChI=1S/C11H16O3/c1-13-11-6-3-2-5-10(11)9-14-8-4-7-12/h2-3,5-6,12H,4,7-9H2,1H3. The van der Waals surface area contributed by atoms with Gasteiger partial charge in [-0.1, -0.05) is 18.2 Å². The van der Waals surface area contributed by atoms with Crippen LogP contribution in [0.3, 0.4) is 0 Å². The van der Waals surface area contributed by atoms with Gasteiger partial charge in [0.15, 0.2) is 0 Å². The number of hydrogen-bond donors (Lipinski definition) is 1. The summed E-state index contributed by atoms with van der Waals surface area (Å²) in [5.41, 5.74) is 1.04. The fourth-order valence-corrected chi connectivity index (χ4v) is 1.17.